The van der Waals surface area contributed by atoms with Crippen molar-refractivity contribution in [2.75, 3.05) is 20.2 Å². The number of rotatable bonds is 2. The molecule has 2 aromatic rings. The second-order valence-corrected chi connectivity index (χ2v) is 6.70. The van der Waals surface area contributed by atoms with Gasteiger partial charge in [-0.15, -0.1) is 0 Å². The first-order chi connectivity index (χ1) is 11.2. The molecule has 5 nitrogen and oxygen atoms in total. The molecule has 1 saturated heterocycles. The molecule has 4 rings (SSSR count). The minimum absolute atomic E-state index is 0.0246. The number of carbonyl (C=O) groups excluding carboxylic acids is 1. The summed E-state index contributed by atoms with van der Waals surface area (Å²) in [7, 11) is 1.63. The molecule has 1 fully saturated rings. The van der Waals surface area contributed by atoms with Crippen LogP contribution in [0.2, 0.25) is 0 Å². The summed E-state index contributed by atoms with van der Waals surface area (Å²) in [6.45, 7) is 3.87. The van der Waals surface area contributed by atoms with E-state index in [0.717, 1.165) is 42.6 Å². The first kappa shape index (κ1) is 14.3. The number of methoxy groups -OCH3 is 1. The fraction of sp³-hybridized carbons (Fsp3) is 0.444. The second kappa shape index (κ2) is 5.41. The Kier molecular flexibility index (Phi) is 3.36. The van der Waals surface area contributed by atoms with Gasteiger partial charge in [0.25, 0.3) is 5.91 Å². The molecule has 1 amide bonds. The minimum atomic E-state index is 0.0246. The van der Waals surface area contributed by atoms with Gasteiger partial charge in [0.15, 0.2) is 5.69 Å². The third-order valence-corrected chi connectivity index (χ3v) is 5.19. The van der Waals surface area contributed by atoms with E-state index in [1.54, 1.807) is 7.11 Å². The van der Waals surface area contributed by atoms with Gasteiger partial charge in [0.1, 0.15) is 5.75 Å². The van der Waals surface area contributed by atoms with E-state index in [4.69, 9.17) is 4.74 Å². The molecule has 0 saturated carbocycles. The Morgan fingerprint density at radius 2 is 2.17 bits per heavy atom. The van der Waals surface area contributed by atoms with Crippen LogP contribution in [0.3, 0.4) is 0 Å². The predicted octanol–water partition coefficient (Wildman–Crippen LogP) is 3.00. The number of nitrogens with zero attached hydrogens (tertiary/aromatic N) is 2. The molecule has 23 heavy (non-hydrogen) atoms. The highest BCUT2D eigenvalue weighted by atomic mass is 16.5. The van der Waals surface area contributed by atoms with Crippen LogP contribution in [0.25, 0.3) is 10.9 Å². The van der Waals surface area contributed by atoms with E-state index in [2.05, 4.69) is 23.2 Å². The number of fused-ring (bicyclic) bond motifs is 2. The molecule has 1 N–H and O–H groups in total. The molecule has 1 aromatic carbocycles. The Bertz CT molecular complexity index is 793. The van der Waals surface area contributed by atoms with Crippen LogP contribution in [-0.2, 0) is 0 Å². The van der Waals surface area contributed by atoms with Crippen LogP contribution in [0, 0.1) is 11.8 Å². The van der Waals surface area contributed by atoms with Crippen molar-refractivity contribution >= 4 is 16.8 Å². The van der Waals surface area contributed by atoms with Crippen molar-refractivity contribution < 1.29 is 9.53 Å². The molecule has 0 spiro atoms. The van der Waals surface area contributed by atoms with Crippen LogP contribution in [0.1, 0.15) is 30.3 Å². The molecule has 0 unspecified atom stereocenters. The van der Waals surface area contributed by atoms with Crippen molar-refractivity contribution in [3.63, 3.8) is 0 Å². The first-order valence-electron chi connectivity index (χ1n) is 8.12. The van der Waals surface area contributed by atoms with Gasteiger partial charge in [0.2, 0.25) is 0 Å². The summed E-state index contributed by atoms with van der Waals surface area (Å²) in [6.07, 6.45) is 4.53. The summed E-state index contributed by atoms with van der Waals surface area (Å²) in [5.41, 5.74) is 2.82. The van der Waals surface area contributed by atoms with E-state index in [1.165, 1.54) is 5.57 Å². The van der Waals surface area contributed by atoms with Gasteiger partial charge in [-0.1, -0.05) is 11.6 Å². The molecular weight excluding hydrogens is 290 g/mol. The normalized spacial score (nSPS) is 23.7. The lowest BCUT2D eigenvalue weighted by atomic mass is 9.83. The van der Waals surface area contributed by atoms with Gasteiger partial charge >= 0.3 is 0 Å². The zero-order valence-corrected chi connectivity index (χ0v) is 13.5. The average molecular weight is 311 g/mol. The largest absolute Gasteiger partial charge is 0.497 e. The molecule has 2 atom stereocenters. The molecule has 0 bridgehead atoms. The number of hydrogen-bond acceptors (Lipinski definition) is 3. The maximum atomic E-state index is 12.9. The molecule has 1 aliphatic heterocycles. The highest BCUT2D eigenvalue weighted by molar-refractivity contribution is 6.05. The van der Waals surface area contributed by atoms with Crippen molar-refractivity contribution in [2.45, 2.75) is 19.8 Å². The van der Waals surface area contributed by atoms with E-state index in [9.17, 15) is 4.79 Å². The predicted molar refractivity (Wildman–Crippen MR) is 88.5 cm³/mol. The highest BCUT2D eigenvalue weighted by Gasteiger charge is 2.37. The number of aromatic amines is 1. The van der Waals surface area contributed by atoms with Crippen molar-refractivity contribution in [1.82, 2.24) is 15.1 Å². The smallest absolute Gasteiger partial charge is 0.275 e. The summed E-state index contributed by atoms with van der Waals surface area (Å²) in [5, 5.41) is 8.05. The number of nitrogens with one attached hydrogen (secondary N) is 1. The number of carbonyl (C=O) groups is 1. The number of H-pyrrole nitrogens is 1. The van der Waals surface area contributed by atoms with Crippen LogP contribution in [0.15, 0.2) is 29.8 Å². The molecular formula is C18H21N3O2. The van der Waals surface area contributed by atoms with Gasteiger partial charge in [-0.25, -0.2) is 0 Å². The zero-order valence-electron chi connectivity index (χ0n) is 13.5. The Hall–Kier alpha value is -2.30. The van der Waals surface area contributed by atoms with Gasteiger partial charge in [-0.3, -0.25) is 9.89 Å². The fourth-order valence-electron chi connectivity index (χ4n) is 3.89. The average Bonchev–Trinajstić information content (AvgIpc) is 3.16. The Balaban J connectivity index is 1.60. The van der Waals surface area contributed by atoms with Gasteiger partial charge in [0, 0.05) is 18.5 Å². The highest BCUT2D eigenvalue weighted by Crippen LogP contribution is 2.36. The van der Waals surface area contributed by atoms with Gasteiger partial charge in [-0.05, 0) is 49.8 Å². The SMILES string of the molecule is COc1ccc2[nH]nc(C(=O)N3C[C@H]4CC=C(C)C[C@H]4C3)c2c1. The summed E-state index contributed by atoms with van der Waals surface area (Å²) >= 11 is 0. The third kappa shape index (κ3) is 2.40. The van der Waals surface area contributed by atoms with Crippen LogP contribution < -0.4 is 4.74 Å². The Labute approximate surface area is 135 Å². The number of hydrogen-bond donors (Lipinski definition) is 1. The van der Waals surface area contributed by atoms with Crippen molar-refractivity contribution in [3.8, 4) is 5.75 Å². The maximum absolute atomic E-state index is 12.9. The molecule has 0 radical (unpaired) electrons. The lowest BCUT2D eigenvalue weighted by Crippen LogP contribution is -2.29. The fourth-order valence-corrected chi connectivity index (χ4v) is 3.89. The number of allylic oxidation sites excluding steroid dienone is 2. The van der Waals surface area contributed by atoms with Crippen molar-refractivity contribution in [2.24, 2.45) is 11.8 Å². The standard InChI is InChI=1S/C18H21N3O2/c1-11-3-4-12-9-21(10-13(12)7-11)18(22)17-15-8-14(23-2)5-6-16(15)19-20-17/h3,5-6,8,12-13H,4,7,9-10H2,1-2H3,(H,19,20)/t12-,13+/m1/s1. The summed E-state index contributed by atoms with van der Waals surface area (Å²) in [4.78, 5) is 14.9. The number of amides is 1. The summed E-state index contributed by atoms with van der Waals surface area (Å²) in [6, 6.07) is 5.64. The van der Waals surface area contributed by atoms with Crippen molar-refractivity contribution in [1.29, 1.82) is 0 Å². The van der Waals surface area contributed by atoms with Crippen LogP contribution in [-0.4, -0.2) is 41.2 Å². The van der Waals surface area contributed by atoms with Gasteiger partial charge < -0.3 is 9.64 Å². The quantitative estimate of drug-likeness (QED) is 0.867. The monoisotopic (exact) mass is 311 g/mol. The minimum Gasteiger partial charge on any atom is -0.497 e. The number of likely N-dealkylation sites (tertiary alicyclic amines) is 1. The molecule has 1 aromatic heterocycles. The van der Waals surface area contributed by atoms with E-state index in [1.807, 2.05) is 23.1 Å². The topological polar surface area (TPSA) is 58.2 Å². The first-order valence-corrected chi connectivity index (χ1v) is 8.12. The van der Waals surface area contributed by atoms with E-state index >= 15 is 0 Å². The van der Waals surface area contributed by atoms with E-state index in [0.29, 0.717) is 17.5 Å². The number of ether oxygens (including phenoxy) is 1. The van der Waals surface area contributed by atoms with E-state index in [-0.39, 0.29) is 5.91 Å². The molecule has 2 aliphatic rings. The number of aromatic nitrogens is 2. The molecule has 2 heterocycles. The van der Waals surface area contributed by atoms with Crippen LogP contribution in [0.4, 0.5) is 0 Å². The van der Waals surface area contributed by atoms with E-state index < -0.39 is 0 Å². The number of benzene rings is 1. The molecule has 120 valence electrons. The lowest BCUT2D eigenvalue weighted by Gasteiger charge is -2.21. The second-order valence-electron chi connectivity index (χ2n) is 6.70. The maximum Gasteiger partial charge on any atom is 0.275 e. The summed E-state index contributed by atoms with van der Waals surface area (Å²) < 4.78 is 5.27. The Morgan fingerprint density at radius 1 is 1.35 bits per heavy atom. The van der Waals surface area contributed by atoms with Crippen molar-refractivity contribution in [3.05, 3.63) is 35.5 Å². The zero-order chi connectivity index (χ0) is 16.0. The lowest BCUT2D eigenvalue weighted by molar-refractivity contribution is 0.0780. The molecule has 5 heteroatoms. The summed E-state index contributed by atoms with van der Waals surface area (Å²) in [5.74, 6) is 1.96. The third-order valence-electron chi connectivity index (χ3n) is 5.19. The van der Waals surface area contributed by atoms with Gasteiger partial charge in [-0.2, -0.15) is 5.10 Å². The van der Waals surface area contributed by atoms with Crippen LogP contribution in [0.5, 0.6) is 5.75 Å². The Morgan fingerprint density at radius 3 is 3.00 bits per heavy atom. The van der Waals surface area contributed by atoms with Crippen LogP contribution >= 0.6 is 0 Å². The van der Waals surface area contributed by atoms with Gasteiger partial charge in [0.05, 0.1) is 12.6 Å². The molecule has 1 aliphatic carbocycles.